The van der Waals surface area contributed by atoms with Gasteiger partial charge in [0.2, 0.25) is 0 Å². The maximum Gasteiger partial charge on any atom is 0.271 e. The molecule has 1 aliphatic heterocycles. The Morgan fingerprint density at radius 2 is 1.90 bits per heavy atom. The van der Waals surface area contributed by atoms with Crippen LogP contribution < -0.4 is 9.47 Å². The molecule has 0 saturated carbocycles. The largest absolute Gasteiger partial charge is 0.489 e. The zero-order valence-electron chi connectivity index (χ0n) is 21.7. The van der Waals surface area contributed by atoms with Gasteiger partial charge in [-0.1, -0.05) is 17.7 Å². The first-order valence-corrected chi connectivity index (χ1v) is 14.3. The highest BCUT2D eigenvalue weighted by Crippen LogP contribution is 2.51. The molecule has 1 atom stereocenters. The molecule has 0 bridgehead atoms. The first-order chi connectivity index (χ1) is 19.3. The summed E-state index contributed by atoms with van der Waals surface area (Å²) in [5.74, 6) is -1.36. The molecule has 0 amide bonds. The van der Waals surface area contributed by atoms with Crippen LogP contribution in [-0.2, 0) is 5.92 Å². The molecule has 2 aromatic heterocycles. The predicted molar refractivity (Wildman–Crippen MR) is 154 cm³/mol. The van der Waals surface area contributed by atoms with E-state index in [0.29, 0.717) is 34.1 Å². The quantitative estimate of drug-likeness (QED) is 0.188. The van der Waals surface area contributed by atoms with Crippen molar-refractivity contribution in [3.63, 3.8) is 0 Å². The molecule has 3 aromatic carbocycles. The number of nitrogens with one attached hydrogen (secondary N) is 1. The van der Waals surface area contributed by atoms with E-state index in [1.54, 1.807) is 18.3 Å². The van der Waals surface area contributed by atoms with Crippen molar-refractivity contribution < 1.29 is 22.6 Å². The summed E-state index contributed by atoms with van der Waals surface area (Å²) in [6.07, 6.45) is 3.21. The van der Waals surface area contributed by atoms with E-state index in [2.05, 4.69) is 15.1 Å². The van der Waals surface area contributed by atoms with E-state index < -0.39 is 5.92 Å². The lowest BCUT2D eigenvalue weighted by Gasteiger charge is -2.17. The fourth-order valence-corrected chi connectivity index (χ4v) is 6.64. The van der Waals surface area contributed by atoms with Crippen LogP contribution in [-0.4, -0.2) is 47.5 Å². The molecule has 0 radical (unpaired) electrons. The Balaban J connectivity index is 1.33. The SMILES string of the molecule is CC(F)(F)c1cc(Cl)ccc1-c1sc2c(ccc3[nH]ncc32)c1Oc1ccc(O[C@@H]2CCN(CCCF)C2)cc1. The van der Waals surface area contributed by atoms with Crippen LogP contribution >= 0.6 is 22.9 Å². The summed E-state index contributed by atoms with van der Waals surface area (Å²) in [5, 5.41) is 9.05. The number of halogens is 4. The van der Waals surface area contributed by atoms with Crippen molar-refractivity contribution in [2.24, 2.45) is 0 Å². The molecule has 0 spiro atoms. The molecule has 5 nitrogen and oxygen atoms in total. The summed E-state index contributed by atoms with van der Waals surface area (Å²) >= 11 is 7.51. The fourth-order valence-electron chi connectivity index (χ4n) is 5.18. The molecule has 3 heterocycles. The van der Waals surface area contributed by atoms with Crippen molar-refractivity contribution in [1.82, 2.24) is 15.1 Å². The number of nitrogens with zero attached hydrogens (tertiary/aromatic N) is 2. The Labute approximate surface area is 238 Å². The number of fused-ring (bicyclic) bond motifs is 3. The third kappa shape index (κ3) is 5.38. The predicted octanol–water partition coefficient (Wildman–Crippen LogP) is 8.81. The second kappa shape index (κ2) is 11.0. The molecule has 1 aliphatic rings. The van der Waals surface area contributed by atoms with Crippen LogP contribution in [0.15, 0.2) is 60.8 Å². The van der Waals surface area contributed by atoms with Gasteiger partial charge in [0.15, 0.2) is 5.75 Å². The highest BCUT2D eigenvalue weighted by molar-refractivity contribution is 7.23. The number of thiophene rings is 1. The second-order valence-electron chi connectivity index (χ2n) is 10.1. The molecular formula is C30H27ClF3N3O2S. The van der Waals surface area contributed by atoms with Gasteiger partial charge in [0, 0.05) is 58.2 Å². The Morgan fingerprint density at radius 3 is 2.67 bits per heavy atom. The number of rotatable bonds is 9. The van der Waals surface area contributed by atoms with Crippen LogP contribution in [0.2, 0.25) is 5.02 Å². The smallest absolute Gasteiger partial charge is 0.271 e. The number of alkyl halides is 3. The first kappa shape index (κ1) is 26.9. The maximum atomic E-state index is 14.8. The second-order valence-corrected chi connectivity index (χ2v) is 11.5. The summed E-state index contributed by atoms with van der Waals surface area (Å²) in [7, 11) is 0. The third-order valence-electron chi connectivity index (χ3n) is 7.11. The van der Waals surface area contributed by atoms with E-state index in [1.165, 1.54) is 17.4 Å². The lowest BCUT2D eigenvalue weighted by atomic mass is 10.00. The average molecular weight is 586 g/mol. The van der Waals surface area contributed by atoms with Crippen LogP contribution in [0.4, 0.5) is 13.2 Å². The monoisotopic (exact) mass is 585 g/mol. The molecule has 1 fully saturated rings. The standard InChI is InChI=1S/C30H27ClF3N3O2S/c1-30(33,34)25-15-18(31)3-8-22(25)29-27(23-9-10-26-24(16-35-36-26)28(23)40-29)39-20-6-4-19(5-7-20)38-21-11-14-37(17-21)13-2-12-32/h3-10,15-16,21H,2,11-14,17H2,1H3,(H,35,36)/t21-/m1/s1. The number of hydrogen-bond donors (Lipinski definition) is 1. The highest BCUT2D eigenvalue weighted by Gasteiger charge is 2.31. The number of aromatic amines is 1. The first-order valence-electron chi connectivity index (χ1n) is 13.1. The zero-order chi connectivity index (χ0) is 27.9. The number of ether oxygens (including phenoxy) is 2. The van der Waals surface area contributed by atoms with E-state index >= 15 is 0 Å². The highest BCUT2D eigenvalue weighted by atomic mass is 35.5. The van der Waals surface area contributed by atoms with Crippen molar-refractivity contribution in [3.05, 3.63) is 71.4 Å². The third-order valence-corrected chi connectivity index (χ3v) is 8.60. The molecule has 0 unspecified atom stereocenters. The Morgan fingerprint density at radius 1 is 1.10 bits per heavy atom. The molecule has 1 saturated heterocycles. The summed E-state index contributed by atoms with van der Waals surface area (Å²) in [5.41, 5.74) is 1.05. The van der Waals surface area contributed by atoms with E-state index in [0.717, 1.165) is 54.0 Å². The minimum atomic E-state index is -3.11. The van der Waals surface area contributed by atoms with Gasteiger partial charge in [-0.3, -0.25) is 14.4 Å². The number of hydrogen-bond acceptors (Lipinski definition) is 5. The van der Waals surface area contributed by atoms with Crippen molar-refractivity contribution in [2.45, 2.75) is 31.8 Å². The van der Waals surface area contributed by atoms with Crippen molar-refractivity contribution in [2.75, 3.05) is 26.3 Å². The number of likely N-dealkylation sites (tertiary alicyclic amines) is 1. The van der Waals surface area contributed by atoms with Crippen LogP contribution in [0.3, 0.4) is 0 Å². The summed E-state index contributed by atoms with van der Waals surface area (Å²) in [6.45, 7) is 2.97. The Kier molecular flexibility index (Phi) is 7.37. The van der Waals surface area contributed by atoms with Crippen molar-refractivity contribution in [3.8, 4) is 27.7 Å². The van der Waals surface area contributed by atoms with Gasteiger partial charge in [-0.25, -0.2) is 8.78 Å². The minimum absolute atomic E-state index is 0.0511. The summed E-state index contributed by atoms with van der Waals surface area (Å²) in [6, 6.07) is 15.7. The lowest BCUT2D eigenvalue weighted by Crippen LogP contribution is -2.26. The fraction of sp³-hybridized carbons (Fsp3) is 0.300. The van der Waals surface area contributed by atoms with E-state index in [4.69, 9.17) is 21.1 Å². The Hall–Kier alpha value is -3.27. The normalized spacial score (nSPS) is 16.3. The molecule has 0 aliphatic carbocycles. The molecule has 6 rings (SSSR count). The zero-order valence-corrected chi connectivity index (χ0v) is 23.3. The van der Waals surface area contributed by atoms with Gasteiger partial charge in [0.25, 0.3) is 5.92 Å². The molecule has 208 valence electrons. The molecule has 1 N–H and O–H groups in total. The van der Waals surface area contributed by atoms with Gasteiger partial charge in [-0.15, -0.1) is 11.3 Å². The van der Waals surface area contributed by atoms with E-state index in [1.807, 2.05) is 36.4 Å². The van der Waals surface area contributed by atoms with Crippen LogP contribution in [0.25, 0.3) is 31.4 Å². The molecular weight excluding hydrogens is 559 g/mol. The van der Waals surface area contributed by atoms with Crippen LogP contribution in [0, 0.1) is 0 Å². The van der Waals surface area contributed by atoms with E-state index in [-0.39, 0.29) is 23.4 Å². The van der Waals surface area contributed by atoms with Crippen LogP contribution in [0.5, 0.6) is 17.2 Å². The number of benzene rings is 3. The van der Waals surface area contributed by atoms with Crippen molar-refractivity contribution in [1.29, 1.82) is 0 Å². The minimum Gasteiger partial charge on any atom is -0.489 e. The van der Waals surface area contributed by atoms with Crippen molar-refractivity contribution >= 4 is 43.9 Å². The van der Waals surface area contributed by atoms with Gasteiger partial charge in [0.1, 0.15) is 17.6 Å². The summed E-state index contributed by atoms with van der Waals surface area (Å²) < 4.78 is 55.5. The van der Waals surface area contributed by atoms with Gasteiger partial charge >= 0.3 is 0 Å². The van der Waals surface area contributed by atoms with Gasteiger partial charge in [-0.2, -0.15) is 5.10 Å². The molecule has 5 aromatic rings. The topological polar surface area (TPSA) is 50.4 Å². The Bertz CT molecular complexity index is 1650. The van der Waals surface area contributed by atoms with E-state index in [9.17, 15) is 13.2 Å². The van der Waals surface area contributed by atoms with Gasteiger partial charge < -0.3 is 9.47 Å². The van der Waals surface area contributed by atoms with Gasteiger partial charge in [0.05, 0.1) is 23.3 Å². The molecule has 40 heavy (non-hydrogen) atoms. The van der Waals surface area contributed by atoms with Crippen LogP contribution in [0.1, 0.15) is 25.3 Å². The number of H-pyrrole nitrogens is 1. The van der Waals surface area contributed by atoms with Gasteiger partial charge in [-0.05, 0) is 61.4 Å². The molecule has 10 heteroatoms. The summed E-state index contributed by atoms with van der Waals surface area (Å²) in [4.78, 5) is 2.80. The average Bonchev–Trinajstić information content (AvgIpc) is 3.67. The number of aromatic nitrogens is 2. The maximum absolute atomic E-state index is 14.8. The lowest BCUT2D eigenvalue weighted by molar-refractivity contribution is 0.0181.